The molecule has 1 atom stereocenters. The lowest BCUT2D eigenvalue weighted by molar-refractivity contribution is 0.0465. The molecule has 0 amide bonds. The Morgan fingerprint density at radius 1 is 1.18 bits per heavy atom. The number of anilines is 1. The van der Waals surface area contributed by atoms with Gasteiger partial charge in [-0.25, -0.2) is 17.6 Å². The molecule has 1 fully saturated rings. The van der Waals surface area contributed by atoms with Crippen LogP contribution in [0.1, 0.15) is 35.7 Å². The summed E-state index contributed by atoms with van der Waals surface area (Å²) in [5.74, 6) is -1.57. The minimum absolute atomic E-state index is 0.00174. The number of rotatable bonds is 3. The van der Waals surface area contributed by atoms with Gasteiger partial charge in [-0.3, -0.25) is 4.31 Å². The first-order chi connectivity index (χ1) is 13.3. The number of fused-ring (bicyclic) bond motifs is 2. The average molecular weight is 405 g/mol. The number of nitrogens with zero attached hydrogens (tertiary/aromatic N) is 1. The normalized spacial score (nSPS) is 20.9. The fraction of sp³-hybridized carbons (Fsp3) is 0.350. The third kappa shape index (κ3) is 2.70. The van der Waals surface area contributed by atoms with Crippen molar-refractivity contribution in [3.05, 3.63) is 59.4 Å². The van der Waals surface area contributed by atoms with Gasteiger partial charge in [0.15, 0.2) is 0 Å². The molecule has 1 N–H and O–H groups in total. The van der Waals surface area contributed by atoms with Gasteiger partial charge in [0.1, 0.15) is 5.82 Å². The Bertz CT molecular complexity index is 1030. The van der Waals surface area contributed by atoms with Gasteiger partial charge in [-0.15, -0.1) is 0 Å². The molecule has 2 aliphatic heterocycles. The zero-order chi connectivity index (χ0) is 20.1. The number of aromatic carboxylic acids is 1. The highest BCUT2D eigenvalue weighted by molar-refractivity contribution is 7.92. The summed E-state index contributed by atoms with van der Waals surface area (Å²) in [6.07, 6.45) is 1.19. The number of hydrogen-bond acceptors (Lipinski definition) is 4. The molecule has 8 heteroatoms. The molecule has 2 aliphatic rings. The lowest BCUT2D eigenvalue weighted by Gasteiger charge is -2.39. The van der Waals surface area contributed by atoms with Crippen LogP contribution in [-0.4, -0.2) is 38.7 Å². The van der Waals surface area contributed by atoms with Crippen LogP contribution in [0.15, 0.2) is 47.4 Å². The van der Waals surface area contributed by atoms with E-state index in [-0.39, 0.29) is 10.5 Å². The number of hydrogen-bond donors (Lipinski definition) is 1. The Morgan fingerprint density at radius 3 is 2.43 bits per heavy atom. The highest BCUT2D eigenvalue weighted by atomic mass is 32.2. The fourth-order valence-electron chi connectivity index (χ4n) is 4.40. The summed E-state index contributed by atoms with van der Waals surface area (Å²) in [4.78, 5) is 11.5. The molecular weight excluding hydrogens is 385 g/mol. The first-order valence-electron chi connectivity index (χ1n) is 9.03. The molecule has 2 heterocycles. The summed E-state index contributed by atoms with van der Waals surface area (Å²) in [5.41, 5.74) is 0.794. The monoisotopic (exact) mass is 405 g/mol. The molecule has 0 aromatic heterocycles. The third-order valence-corrected chi connectivity index (χ3v) is 7.82. The van der Waals surface area contributed by atoms with Crippen molar-refractivity contribution in [2.75, 3.05) is 17.5 Å². The third-order valence-electron chi connectivity index (χ3n) is 5.92. The van der Waals surface area contributed by atoms with E-state index in [1.165, 1.54) is 22.5 Å². The summed E-state index contributed by atoms with van der Waals surface area (Å²) in [7, 11) is -3.95. The predicted molar refractivity (Wildman–Crippen MR) is 101 cm³/mol. The molecule has 2 aromatic rings. The van der Waals surface area contributed by atoms with Crippen LogP contribution in [0, 0.1) is 5.82 Å². The highest BCUT2D eigenvalue weighted by Crippen LogP contribution is 2.52. The van der Waals surface area contributed by atoms with Crippen LogP contribution < -0.4 is 4.31 Å². The molecule has 1 saturated heterocycles. The average Bonchev–Trinajstić information content (AvgIpc) is 2.91. The maximum atomic E-state index is 13.4. The zero-order valence-corrected chi connectivity index (χ0v) is 16.1. The minimum Gasteiger partial charge on any atom is -0.478 e. The Kier molecular flexibility index (Phi) is 4.43. The maximum absolute atomic E-state index is 13.4. The van der Waals surface area contributed by atoms with Crippen molar-refractivity contribution in [3.8, 4) is 0 Å². The molecule has 0 bridgehead atoms. The van der Waals surface area contributed by atoms with Gasteiger partial charge >= 0.3 is 5.97 Å². The lowest BCUT2D eigenvalue weighted by atomic mass is 9.71. The Balaban J connectivity index is 1.90. The summed E-state index contributed by atoms with van der Waals surface area (Å²) < 4.78 is 47.0. The summed E-state index contributed by atoms with van der Waals surface area (Å²) in [6, 6.07) is 8.86. The van der Waals surface area contributed by atoms with Crippen LogP contribution in [-0.2, 0) is 20.2 Å². The van der Waals surface area contributed by atoms with Gasteiger partial charge in [-0.1, -0.05) is 0 Å². The van der Waals surface area contributed by atoms with E-state index in [0.29, 0.717) is 37.3 Å². The Hall–Kier alpha value is -2.45. The Labute approximate surface area is 162 Å². The first-order valence-corrected chi connectivity index (χ1v) is 10.5. The van der Waals surface area contributed by atoms with E-state index in [1.54, 1.807) is 12.1 Å². The van der Waals surface area contributed by atoms with E-state index < -0.39 is 33.3 Å². The summed E-state index contributed by atoms with van der Waals surface area (Å²) >= 11 is 0. The number of benzene rings is 2. The van der Waals surface area contributed by atoms with Crippen molar-refractivity contribution in [2.45, 2.75) is 36.1 Å². The molecule has 0 radical (unpaired) electrons. The van der Waals surface area contributed by atoms with Crippen molar-refractivity contribution in [2.24, 2.45) is 0 Å². The second-order valence-corrected chi connectivity index (χ2v) is 9.05. The molecule has 6 nitrogen and oxygen atoms in total. The lowest BCUT2D eigenvalue weighted by Crippen LogP contribution is -2.48. The van der Waals surface area contributed by atoms with Crippen molar-refractivity contribution >= 4 is 21.7 Å². The molecule has 1 unspecified atom stereocenters. The van der Waals surface area contributed by atoms with Crippen LogP contribution in [0.5, 0.6) is 0 Å². The van der Waals surface area contributed by atoms with Crippen LogP contribution in [0.3, 0.4) is 0 Å². The molecule has 2 aromatic carbocycles. The second kappa shape index (κ2) is 6.56. The van der Waals surface area contributed by atoms with Gasteiger partial charge in [0, 0.05) is 18.6 Å². The SMILES string of the molecule is CC1N(S(=O)(=O)c2ccc(F)cc2)c2ccc(C(=O)O)cc2C12CCOCC2. The number of sulfonamides is 1. The van der Waals surface area contributed by atoms with Crippen LogP contribution in [0.4, 0.5) is 10.1 Å². The predicted octanol–water partition coefficient (Wildman–Crippen LogP) is 3.17. The highest BCUT2D eigenvalue weighted by Gasteiger charge is 2.53. The van der Waals surface area contributed by atoms with Crippen molar-refractivity contribution < 1.29 is 27.4 Å². The molecular formula is C20H20FNO5S. The van der Waals surface area contributed by atoms with Gasteiger partial charge < -0.3 is 9.84 Å². The maximum Gasteiger partial charge on any atom is 0.335 e. The van der Waals surface area contributed by atoms with Gasteiger partial charge in [0.05, 0.1) is 22.2 Å². The van der Waals surface area contributed by atoms with Gasteiger partial charge in [-0.2, -0.15) is 0 Å². The van der Waals surface area contributed by atoms with E-state index in [2.05, 4.69) is 0 Å². The zero-order valence-electron chi connectivity index (χ0n) is 15.3. The van der Waals surface area contributed by atoms with Crippen LogP contribution >= 0.6 is 0 Å². The number of carboxylic acid groups (broad SMARTS) is 1. The van der Waals surface area contributed by atoms with E-state index in [9.17, 15) is 22.7 Å². The second-order valence-electron chi connectivity index (χ2n) is 7.24. The van der Waals surface area contributed by atoms with Crippen LogP contribution in [0.2, 0.25) is 0 Å². The largest absolute Gasteiger partial charge is 0.478 e. The smallest absolute Gasteiger partial charge is 0.335 e. The first kappa shape index (κ1) is 18.9. The van der Waals surface area contributed by atoms with E-state index >= 15 is 0 Å². The van der Waals surface area contributed by atoms with Crippen molar-refractivity contribution in [1.82, 2.24) is 0 Å². The van der Waals surface area contributed by atoms with Gasteiger partial charge in [0.25, 0.3) is 10.0 Å². The quantitative estimate of drug-likeness (QED) is 0.848. The van der Waals surface area contributed by atoms with Crippen molar-refractivity contribution in [1.29, 1.82) is 0 Å². The molecule has 28 heavy (non-hydrogen) atoms. The van der Waals surface area contributed by atoms with Crippen molar-refractivity contribution in [3.63, 3.8) is 0 Å². The fourth-order valence-corrected chi connectivity index (χ4v) is 6.14. The molecule has 0 aliphatic carbocycles. The molecule has 0 saturated carbocycles. The van der Waals surface area contributed by atoms with Gasteiger partial charge in [-0.05, 0) is 67.8 Å². The van der Waals surface area contributed by atoms with E-state index in [4.69, 9.17) is 4.74 Å². The van der Waals surface area contributed by atoms with Crippen LogP contribution in [0.25, 0.3) is 0 Å². The van der Waals surface area contributed by atoms with E-state index in [1.807, 2.05) is 6.92 Å². The molecule has 4 rings (SSSR count). The minimum atomic E-state index is -3.95. The Morgan fingerprint density at radius 2 is 1.82 bits per heavy atom. The summed E-state index contributed by atoms with van der Waals surface area (Å²) in [5, 5.41) is 9.41. The molecule has 1 spiro atoms. The number of carboxylic acids is 1. The molecule has 148 valence electrons. The van der Waals surface area contributed by atoms with Gasteiger partial charge in [0.2, 0.25) is 0 Å². The standard InChI is InChI=1S/C20H20FNO5S/c1-13-20(8-10-27-11-9-20)17-12-14(19(23)24)2-7-18(17)22(13)28(25,26)16-5-3-15(21)4-6-16/h2-7,12-13H,8-11H2,1H3,(H,23,24). The summed E-state index contributed by atoms with van der Waals surface area (Å²) in [6.45, 7) is 2.80. The number of halogens is 1. The topological polar surface area (TPSA) is 83.9 Å². The number of ether oxygens (including phenoxy) is 1. The van der Waals surface area contributed by atoms with E-state index in [0.717, 1.165) is 12.1 Å². The number of carbonyl (C=O) groups is 1.